The predicted octanol–water partition coefficient (Wildman–Crippen LogP) is 3.15. The van der Waals surface area contributed by atoms with Crippen LogP contribution in [-0.2, 0) is 12.8 Å². The summed E-state index contributed by atoms with van der Waals surface area (Å²) in [7, 11) is 0. The van der Waals surface area contributed by atoms with Crippen molar-refractivity contribution in [3.05, 3.63) is 60.1 Å². The molecular weight excluding hydrogens is 326 g/mol. The van der Waals surface area contributed by atoms with Gasteiger partial charge in [-0.2, -0.15) is 0 Å². The summed E-state index contributed by atoms with van der Waals surface area (Å²) >= 11 is 0. The van der Waals surface area contributed by atoms with Gasteiger partial charge < -0.3 is 20.2 Å². The molecule has 1 heterocycles. The normalized spacial score (nSPS) is 11.5. The molecule has 0 unspecified atom stereocenters. The van der Waals surface area contributed by atoms with Crippen LogP contribution in [0.25, 0.3) is 0 Å². The quantitative estimate of drug-likeness (QED) is 0.310. The molecule has 2 rings (SSSR count). The molecule has 0 saturated carbocycles. The Morgan fingerprint density at radius 3 is 2.38 bits per heavy atom. The van der Waals surface area contributed by atoms with E-state index in [9.17, 15) is 0 Å². The van der Waals surface area contributed by atoms with E-state index in [0.717, 1.165) is 69.9 Å². The van der Waals surface area contributed by atoms with Gasteiger partial charge in [-0.15, -0.1) is 0 Å². The molecule has 5 nitrogen and oxygen atoms in total. The van der Waals surface area contributed by atoms with Crippen LogP contribution in [0, 0.1) is 0 Å². The number of aliphatic hydroxyl groups is 1. The maximum Gasteiger partial charge on any atom is 0.191 e. The minimum atomic E-state index is 0.282. The Labute approximate surface area is 156 Å². The first-order chi connectivity index (χ1) is 12.9. The number of nitrogens with zero attached hydrogens (tertiary/aromatic N) is 1. The van der Waals surface area contributed by atoms with Crippen LogP contribution >= 0.6 is 0 Å². The molecule has 1 aromatic carbocycles. The van der Waals surface area contributed by atoms with Gasteiger partial charge in [0.2, 0.25) is 0 Å². The highest BCUT2D eigenvalue weighted by Gasteiger charge is 2.01. The first-order valence-corrected chi connectivity index (χ1v) is 9.58. The van der Waals surface area contributed by atoms with Gasteiger partial charge >= 0.3 is 0 Å². The second-order valence-corrected chi connectivity index (χ2v) is 6.29. The Kier molecular flexibility index (Phi) is 10.0. The van der Waals surface area contributed by atoms with E-state index >= 15 is 0 Å². The second-order valence-electron chi connectivity index (χ2n) is 6.29. The van der Waals surface area contributed by atoms with Crippen LogP contribution in [0.1, 0.15) is 37.0 Å². The van der Waals surface area contributed by atoms with E-state index in [1.807, 2.05) is 18.2 Å². The lowest BCUT2D eigenvalue weighted by molar-refractivity contribution is 0.282. The van der Waals surface area contributed by atoms with Crippen LogP contribution in [0.2, 0.25) is 0 Å². The molecule has 0 bridgehead atoms. The molecule has 0 aliphatic carbocycles. The SMILES string of the molecule is OCCCCCCN=C(NCCc1ccccc1)NCCc1ccco1. The molecular formula is C21H31N3O2. The van der Waals surface area contributed by atoms with Crippen LogP contribution in [0.4, 0.5) is 0 Å². The Bertz CT molecular complexity index is 597. The number of nitrogens with one attached hydrogen (secondary N) is 2. The van der Waals surface area contributed by atoms with Gasteiger partial charge in [0.05, 0.1) is 6.26 Å². The first-order valence-electron chi connectivity index (χ1n) is 9.58. The van der Waals surface area contributed by atoms with Crippen LogP contribution in [0.15, 0.2) is 58.1 Å². The van der Waals surface area contributed by atoms with Crippen molar-refractivity contribution < 1.29 is 9.52 Å². The van der Waals surface area contributed by atoms with E-state index in [-0.39, 0.29) is 6.61 Å². The zero-order chi connectivity index (χ0) is 18.3. The highest BCUT2D eigenvalue weighted by molar-refractivity contribution is 5.79. The standard InChI is InChI=1S/C21H31N3O2/c25-17-7-2-1-6-14-22-21(24-16-13-20-11-8-18-26-20)23-15-12-19-9-4-3-5-10-19/h3-5,8-11,18,25H,1-2,6-7,12-17H2,(H2,22,23,24). The Hall–Kier alpha value is -2.27. The maximum atomic E-state index is 8.82. The lowest BCUT2D eigenvalue weighted by atomic mass is 10.1. The molecule has 0 spiro atoms. The molecule has 0 fully saturated rings. The van der Waals surface area contributed by atoms with Gasteiger partial charge in [0.1, 0.15) is 5.76 Å². The second kappa shape index (κ2) is 13.0. The van der Waals surface area contributed by atoms with E-state index < -0.39 is 0 Å². The van der Waals surface area contributed by atoms with E-state index in [2.05, 4.69) is 39.9 Å². The molecule has 0 aliphatic heterocycles. The number of benzene rings is 1. The lowest BCUT2D eigenvalue weighted by Crippen LogP contribution is -2.39. The fourth-order valence-corrected chi connectivity index (χ4v) is 2.67. The van der Waals surface area contributed by atoms with Crippen molar-refractivity contribution in [1.29, 1.82) is 0 Å². The van der Waals surface area contributed by atoms with Gasteiger partial charge in [0, 0.05) is 32.7 Å². The molecule has 26 heavy (non-hydrogen) atoms. The highest BCUT2D eigenvalue weighted by Crippen LogP contribution is 2.01. The van der Waals surface area contributed by atoms with Crippen molar-refractivity contribution >= 4 is 5.96 Å². The van der Waals surface area contributed by atoms with Crippen LogP contribution < -0.4 is 10.6 Å². The van der Waals surface area contributed by atoms with Gasteiger partial charge in [0.15, 0.2) is 5.96 Å². The molecule has 0 amide bonds. The molecule has 142 valence electrons. The van der Waals surface area contributed by atoms with Gasteiger partial charge in [-0.3, -0.25) is 4.99 Å². The number of rotatable bonds is 12. The van der Waals surface area contributed by atoms with E-state index in [4.69, 9.17) is 9.52 Å². The van der Waals surface area contributed by atoms with Crippen molar-refractivity contribution in [2.75, 3.05) is 26.2 Å². The summed E-state index contributed by atoms with van der Waals surface area (Å²) < 4.78 is 5.37. The summed E-state index contributed by atoms with van der Waals surface area (Å²) in [5, 5.41) is 15.6. The zero-order valence-corrected chi connectivity index (χ0v) is 15.5. The summed E-state index contributed by atoms with van der Waals surface area (Å²) in [6.07, 6.45) is 7.60. The molecule has 0 aliphatic rings. The molecule has 0 atom stereocenters. The summed E-state index contributed by atoms with van der Waals surface area (Å²) in [6.45, 7) is 2.72. The number of furan rings is 1. The van der Waals surface area contributed by atoms with E-state index in [1.165, 1.54) is 5.56 Å². The monoisotopic (exact) mass is 357 g/mol. The van der Waals surface area contributed by atoms with Gasteiger partial charge in [-0.1, -0.05) is 43.2 Å². The van der Waals surface area contributed by atoms with Crippen LogP contribution in [-0.4, -0.2) is 37.3 Å². The van der Waals surface area contributed by atoms with Crippen LogP contribution in [0.3, 0.4) is 0 Å². The number of unbranched alkanes of at least 4 members (excludes halogenated alkanes) is 3. The molecule has 5 heteroatoms. The molecule has 2 aromatic rings. The van der Waals surface area contributed by atoms with Crippen molar-refractivity contribution in [2.45, 2.75) is 38.5 Å². The smallest absolute Gasteiger partial charge is 0.191 e. The third-order valence-electron chi connectivity index (χ3n) is 4.13. The molecule has 0 radical (unpaired) electrons. The van der Waals surface area contributed by atoms with Gasteiger partial charge in [-0.25, -0.2) is 0 Å². The number of aliphatic hydroxyl groups excluding tert-OH is 1. The molecule has 1 aromatic heterocycles. The summed E-state index contributed by atoms with van der Waals surface area (Å²) in [5.74, 6) is 1.83. The Morgan fingerprint density at radius 2 is 1.65 bits per heavy atom. The van der Waals surface area contributed by atoms with Gasteiger partial charge in [-0.05, 0) is 37.0 Å². The fraction of sp³-hybridized carbons (Fsp3) is 0.476. The summed E-state index contributed by atoms with van der Waals surface area (Å²) in [5.41, 5.74) is 1.32. The minimum absolute atomic E-state index is 0.282. The predicted molar refractivity (Wildman–Crippen MR) is 106 cm³/mol. The van der Waals surface area contributed by atoms with Crippen molar-refractivity contribution in [1.82, 2.24) is 10.6 Å². The van der Waals surface area contributed by atoms with Gasteiger partial charge in [0.25, 0.3) is 0 Å². The minimum Gasteiger partial charge on any atom is -0.469 e. The summed E-state index contributed by atoms with van der Waals surface area (Å²) in [6, 6.07) is 14.4. The zero-order valence-electron chi connectivity index (χ0n) is 15.5. The van der Waals surface area contributed by atoms with E-state index in [1.54, 1.807) is 6.26 Å². The lowest BCUT2D eigenvalue weighted by Gasteiger charge is -2.12. The Morgan fingerprint density at radius 1 is 0.885 bits per heavy atom. The van der Waals surface area contributed by atoms with Crippen molar-refractivity contribution in [3.8, 4) is 0 Å². The number of guanidine groups is 1. The highest BCUT2D eigenvalue weighted by atomic mass is 16.3. The van der Waals surface area contributed by atoms with Crippen molar-refractivity contribution in [2.24, 2.45) is 4.99 Å². The molecule has 0 saturated heterocycles. The number of aliphatic imine (C=N–C) groups is 1. The fourth-order valence-electron chi connectivity index (χ4n) is 2.67. The topological polar surface area (TPSA) is 69.8 Å². The number of hydrogen-bond donors (Lipinski definition) is 3. The third kappa shape index (κ3) is 8.72. The maximum absolute atomic E-state index is 8.82. The third-order valence-corrected chi connectivity index (χ3v) is 4.13. The van der Waals surface area contributed by atoms with Crippen molar-refractivity contribution in [3.63, 3.8) is 0 Å². The average Bonchev–Trinajstić information content (AvgIpc) is 3.18. The first kappa shape index (κ1) is 20.0. The largest absolute Gasteiger partial charge is 0.469 e. The Balaban J connectivity index is 1.73. The molecule has 3 N–H and O–H groups in total. The van der Waals surface area contributed by atoms with Crippen LogP contribution in [0.5, 0.6) is 0 Å². The summed E-state index contributed by atoms with van der Waals surface area (Å²) in [4.78, 5) is 4.67. The number of hydrogen-bond acceptors (Lipinski definition) is 3. The average molecular weight is 357 g/mol. The van der Waals surface area contributed by atoms with E-state index in [0.29, 0.717) is 0 Å².